The second kappa shape index (κ2) is 6.13. The lowest BCUT2D eigenvalue weighted by Crippen LogP contribution is -2.38. The Morgan fingerprint density at radius 1 is 1.29 bits per heavy atom. The van der Waals surface area contributed by atoms with Gasteiger partial charge >= 0.3 is 0 Å². The van der Waals surface area contributed by atoms with Crippen molar-refractivity contribution >= 4 is 29.0 Å². The Bertz CT molecular complexity index is 579. The predicted octanol–water partition coefficient (Wildman–Crippen LogP) is 3.94. The highest BCUT2D eigenvalue weighted by molar-refractivity contribution is 6.33. The zero-order valence-electron chi connectivity index (χ0n) is 11.4. The van der Waals surface area contributed by atoms with Crippen molar-refractivity contribution in [1.82, 2.24) is 5.06 Å². The van der Waals surface area contributed by atoms with Crippen LogP contribution in [0.25, 0.3) is 5.76 Å². The van der Waals surface area contributed by atoms with Crippen LogP contribution in [0.2, 0.25) is 5.02 Å². The molecule has 2 aliphatic rings. The molecule has 0 amide bonds. The fraction of sp³-hybridized carbons (Fsp3) is 0.467. The maximum Gasteiger partial charge on any atom is 0.170 e. The monoisotopic (exact) mass is 331 g/mol. The van der Waals surface area contributed by atoms with E-state index in [0.29, 0.717) is 29.3 Å². The third-order valence-electron chi connectivity index (χ3n) is 3.96. The molecule has 1 aliphatic carbocycles. The van der Waals surface area contributed by atoms with Crippen molar-refractivity contribution in [2.45, 2.75) is 37.8 Å². The van der Waals surface area contributed by atoms with Crippen LogP contribution in [0, 0.1) is 5.82 Å². The molecule has 0 spiro atoms. The lowest BCUT2D eigenvalue weighted by Gasteiger charge is -2.32. The Morgan fingerprint density at radius 2 is 2.10 bits per heavy atom. The lowest BCUT2D eigenvalue weighted by atomic mass is 9.93. The first-order chi connectivity index (χ1) is 10.0. The van der Waals surface area contributed by atoms with Gasteiger partial charge in [0.2, 0.25) is 0 Å². The SMILES string of the molecule is O[C@H]1CCC[C@@H](N2CC(Cl)=C(c3ccc(Cl)c(F)c3)O2)C1. The molecule has 0 radical (unpaired) electrons. The van der Waals surface area contributed by atoms with E-state index in [-0.39, 0.29) is 17.2 Å². The average molecular weight is 332 g/mol. The Morgan fingerprint density at radius 3 is 2.81 bits per heavy atom. The van der Waals surface area contributed by atoms with Crippen LogP contribution in [0.5, 0.6) is 0 Å². The van der Waals surface area contributed by atoms with Gasteiger partial charge in [-0.3, -0.25) is 0 Å². The molecule has 2 atom stereocenters. The lowest BCUT2D eigenvalue weighted by molar-refractivity contribution is -0.118. The number of rotatable bonds is 2. The molecule has 0 aromatic heterocycles. The Hall–Kier alpha value is -0.810. The van der Waals surface area contributed by atoms with Gasteiger partial charge in [0.25, 0.3) is 0 Å². The van der Waals surface area contributed by atoms with E-state index in [1.54, 1.807) is 11.1 Å². The van der Waals surface area contributed by atoms with Gasteiger partial charge in [0.05, 0.1) is 22.7 Å². The van der Waals surface area contributed by atoms with Gasteiger partial charge in [-0.25, -0.2) is 4.39 Å². The second-order valence-electron chi connectivity index (χ2n) is 5.50. The van der Waals surface area contributed by atoms with Crippen molar-refractivity contribution in [1.29, 1.82) is 0 Å². The van der Waals surface area contributed by atoms with Gasteiger partial charge in [0, 0.05) is 11.6 Å². The minimum Gasteiger partial charge on any atom is -0.403 e. The molecule has 1 N–H and O–H groups in total. The number of aliphatic hydroxyl groups excluding tert-OH is 1. The van der Waals surface area contributed by atoms with Crippen molar-refractivity contribution in [3.05, 3.63) is 39.6 Å². The zero-order valence-corrected chi connectivity index (χ0v) is 12.9. The molecular formula is C15H16Cl2FNO2. The minimum absolute atomic E-state index is 0.0701. The van der Waals surface area contributed by atoms with Crippen LogP contribution in [0.15, 0.2) is 23.2 Å². The van der Waals surface area contributed by atoms with Crippen molar-refractivity contribution < 1.29 is 14.3 Å². The number of hydroxylamine groups is 2. The number of aliphatic hydroxyl groups is 1. The van der Waals surface area contributed by atoms with Crippen LogP contribution in [0.4, 0.5) is 4.39 Å². The Kier molecular flexibility index (Phi) is 4.41. The smallest absolute Gasteiger partial charge is 0.170 e. The van der Waals surface area contributed by atoms with E-state index in [1.165, 1.54) is 12.1 Å². The van der Waals surface area contributed by atoms with Gasteiger partial charge < -0.3 is 9.94 Å². The van der Waals surface area contributed by atoms with E-state index in [9.17, 15) is 9.50 Å². The van der Waals surface area contributed by atoms with E-state index in [4.69, 9.17) is 28.0 Å². The summed E-state index contributed by atoms with van der Waals surface area (Å²) in [6.45, 7) is 0.457. The van der Waals surface area contributed by atoms with Crippen LogP contribution < -0.4 is 0 Å². The summed E-state index contributed by atoms with van der Waals surface area (Å²) >= 11 is 11.9. The highest BCUT2D eigenvalue weighted by Gasteiger charge is 2.33. The van der Waals surface area contributed by atoms with Gasteiger partial charge in [-0.15, -0.1) is 5.06 Å². The molecule has 1 fully saturated rings. The van der Waals surface area contributed by atoms with Crippen LogP contribution in [-0.4, -0.2) is 28.9 Å². The molecule has 1 heterocycles. The molecule has 3 nitrogen and oxygen atoms in total. The Balaban J connectivity index is 1.75. The van der Waals surface area contributed by atoms with Crippen molar-refractivity contribution in [2.24, 2.45) is 0 Å². The molecule has 21 heavy (non-hydrogen) atoms. The molecule has 1 aliphatic heterocycles. The quantitative estimate of drug-likeness (QED) is 0.890. The highest BCUT2D eigenvalue weighted by atomic mass is 35.5. The summed E-state index contributed by atoms with van der Waals surface area (Å²) in [6.07, 6.45) is 3.15. The number of nitrogens with zero attached hydrogens (tertiary/aromatic N) is 1. The minimum atomic E-state index is -0.499. The van der Waals surface area contributed by atoms with E-state index in [0.717, 1.165) is 19.3 Å². The normalized spacial score (nSPS) is 27.0. The molecule has 1 saturated carbocycles. The first-order valence-electron chi connectivity index (χ1n) is 7.01. The maximum atomic E-state index is 13.6. The summed E-state index contributed by atoms with van der Waals surface area (Å²) < 4.78 is 13.6. The van der Waals surface area contributed by atoms with Crippen LogP contribution in [0.3, 0.4) is 0 Å². The van der Waals surface area contributed by atoms with E-state index >= 15 is 0 Å². The largest absolute Gasteiger partial charge is 0.403 e. The molecule has 0 saturated heterocycles. The summed E-state index contributed by atoms with van der Waals surface area (Å²) in [4.78, 5) is 5.80. The first-order valence-corrected chi connectivity index (χ1v) is 7.77. The van der Waals surface area contributed by atoms with Crippen molar-refractivity contribution in [3.63, 3.8) is 0 Å². The molecule has 1 aromatic rings. The molecule has 114 valence electrons. The highest BCUT2D eigenvalue weighted by Crippen LogP contribution is 2.36. The number of hydrogen-bond donors (Lipinski definition) is 1. The molecule has 3 rings (SSSR count). The standard InChI is InChI=1S/C15H16Cl2FNO2/c16-12-5-4-9(6-14(12)18)15-13(17)8-19(21-15)10-2-1-3-11(20)7-10/h4-6,10-11,20H,1-3,7-8H2/t10-,11+/m1/s1. The number of halogens is 3. The van der Waals surface area contributed by atoms with Crippen LogP contribution in [0.1, 0.15) is 31.2 Å². The third kappa shape index (κ3) is 3.19. The summed E-state index contributed by atoms with van der Waals surface area (Å²) in [5.41, 5.74) is 0.570. The predicted molar refractivity (Wildman–Crippen MR) is 80.2 cm³/mol. The van der Waals surface area contributed by atoms with Gasteiger partial charge in [0.1, 0.15) is 5.82 Å². The maximum absolute atomic E-state index is 13.6. The summed E-state index contributed by atoms with van der Waals surface area (Å²) in [7, 11) is 0. The fourth-order valence-corrected chi connectivity index (χ4v) is 3.24. The van der Waals surface area contributed by atoms with Crippen LogP contribution >= 0.6 is 23.2 Å². The van der Waals surface area contributed by atoms with Gasteiger partial charge in [-0.05, 0) is 43.9 Å². The van der Waals surface area contributed by atoms with E-state index < -0.39 is 5.82 Å². The summed E-state index contributed by atoms with van der Waals surface area (Å²) in [5, 5.41) is 12.2. The molecule has 0 unspecified atom stereocenters. The average Bonchev–Trinajstić information content (AvgIpc) is 2.84. The van der Waals surface area contributed by atoms with Gasteiger partial charge in [-0.1, -0.05) is 23.2 Å². The van der Waals surface area contributed by atoms with Crippen molar-refractivity contribution in [2.75, 3.05) is 6.54 Å². The Labute approximate surface area is 132 Å². The van der Waals surface area contributed by atoms with Gasteiger partial charge in [-0.2, -0.15) is 0 Å². The molecule has 0 bridgehead atoms. The van der Waals surface area contributed by atoms with Gasteiger partial charge in [0.15, 0.2) is 5.76 Å². The third-order valence-corrected chi connectivity index (χ3v) is 4.56. The van der Waals surface area contributed by atoms with E-state index in [1.807, 2.05) is 0 Å². The molecule has 1 aromatic carbocycles. The second-order valence-corrected chi connectivity index (χ2v) is 6.37. The van der Waals surface area contributed by atoms with Crippen LogP contribution in [-0.2, 0) is 4.84 Å². The first kappa shape index (κ1) is 15.1. The van der Waals surface area contributed by atoms with E-state index in [2.05, 4.69) is 0 Å². The number of benzene rings is 1. The fourth-order valence-electron chi connectivity index (χ4n) is 2.86. The number of hydrogen-bond acceptors (Lipinski definition) is 3. The molecular weight excluding hydrogens is 316 g/mol. The molecule has 6 heteroatoms. The summed E-state index contributed by atoms with van der Waals surface area (Å²) in [5.74, 6) is -0.0337. The topological polar surface area (TPSA) is 32.7 Å². The summed E-state index contributed by atoms with van der Waals surface area (Å²) in [6, 6.07) is 4.62. The van der Waals surface area contributed by atoms with Crippen molar-refractivity contribution in [3.8, 4) is 0 Å². The zero-order chi connectivity index (χ0) is 15.0.